The van der Waals surface area contributed by atoms with Crippen molar-refractivity contribution in [2.75, 3.05) is 7.05 Å². The van der Waals surface area contributed by atoms with E-state index >= 15 is 0 Å². The van der Waals surface area contributed by atoms with Crippen molar-refractivity contribution >= 4 is 11.9 Å². The second-order valence-electron chi connectivity index (χ2n) is 2.16. The normalized spacial score (nSPS) is 7.87. The molecule has 1 aromatic carbocycles. The molecule has 0 saturated carbocycles. The number of hydrogen-bond acceptors (Lipinski definition) is 3. The van der Waals surface area contributed by atoms with Crippen LogP contribution in [0.4, 0.5) is 0 Å². The maximum absolute atomic E-state index is 10.5. The maximum Gasteiger partial charge on any atom is 0.336 e. The average molecular weight is 248 g/mol. The summed E-state index contributed by atoms with van der Waals surface area (Å²) in [4.78, 5) is 20.9. The Labute approximate surface area is 98.8 Å². The molecule has 0 unspecified atom stereocenters. The van der Waals surface area contributed by atoms with Crippen molar-refractivity contribution in [2.45, 2.75) is 0 Å². The second-order valence-corrected chi connectivity index (χ2v) is 2.16. The van der Waals surface area contributed by atoms with E-state index in [-0.39, 0.29) is 29.7 Å². The van der Waals surface area contributed by atoms with Gasteiger partial charge in [0.05, 0.1) is 11.1 Å². The summed E-state index contributed by atoms with van der Waals surface area (Å²) >= 11 is 0. The van der Waals surface area contributed by atoms with E-state index in [1.807, 2.05) is 0 Å². The molecule has 0 amide bonds. The molecule has 81 valence electrons. The molecule has 0 heterocycles. The first-order valence-electron chi connectivity index (χ1n) is 3.76. The Morgan fingerprint density at radius 1 is 1.00 bits per heavy atom. The van der Waals surface area contributed by atoms with E-state index in [4.69, 9.17) is 10.2 Å². The molecule has 1 radical (unpaired) electrons. The summed E-state index contributed by atoms with van der Waals surface area (Å²) in [5.41, 5.74) is 4.12. The number of carboxylic acid groups (broad SMARTS) is 2. The molecular formula is C9H11NO4V. The summed E-state index contributed by atoms with van der Waals surface area (Å²) in [6, 6.07) is 5.48. The summed E-state index contributed by atoms with van der Waals surface area (Å²) < 4.78 is 0. The van der Waals surface area contributed by atoms with E-state index in [1.54, 1.807) is 0 Å². The van der Waals surface area contributed by atoms with E-state index in [9.17, 15) is 9.59 Å². The van der Waals surface area contributed by atoms with E-state index < -0.39 is 11.9 Å². The van der Waals surface area contributed by atoms with Gasteiger partial charge in [0, 0.05) is 18.6 Å². The van der Waals surface area contributed by atoms with Crippen molar-refractivity contribution in [2.24, 2.45) is 5.73 Å². The molecule has 0 aromatic heterocycles. The van der Waals surface area contributed by atoms with Crippen LogP contribution in [-0.2, 0) is 18.6 Å². The predicted octanol–water partition coefficient (Wildman–Crippen LogP) is 0.655. The van der Waals surface area contributed by atoms with E-state index in [0.29, 0.717) is 0 Å². The van der Waals surface area contributed by atoms with Crippen molar-refractivity contribution in [1.29, 1.82) is 0 Å². The molecule has 6 heteroatoms. The quantitative estimate of drug-likeness (QED) is 0.713. The topological polar surface area (TPSA) is 101 Å². The summed E-state index contributed by atoms with van der Waals surface area (Å²) in [6.45, 7) is 0. The molecule has 0 aliphatic rings. The van der Waals surface area contributed by atoms with Gasteiger partial charge < -0.3 is 15.9 Å². The average Bonchev–Trinajstić information content (AvgIpc) is 2.20. The molecule has 0 bridgehead atoms. The van der Waals surface area contributed by atoms with Crippen LogP contribution < -0.4 is 5.73 Å². The molecule has 0 aliphatic carbocycles. The monoisotopic (exact) mass is 248 g/mol. The summed E-state index contributed by atoms with van der Waals surface area (Å²) in [6.07, 6.45) is 0. The summed E-state index contributed by atoms with van der Waals surface area (Å²) in [7, 11) is 1.50. The first-order chi connectivity index (χ1) is 6.63. The molecule has 0 spiro atoms. The van der Waals surface area contributed by atoms with Gasteiger partial charge in [-0.15, -0.1) is 0 Å². The number of carboxylic acids is 2. The van der Waals surface area contributed by atoms with Gasteiger partial charge in [-0.3, -0.25) is 0 Å². The Balaban J connectivity index is 0. The van der Waals surface area contributed by atoms with Gasteiger partial charge in [0.1, 0.15) is 0 Å². The van der Waals surface area contributed by atoms with Gasteiger partial charge in [-0.1, -0.05) is 12.1 Å². The van der Waals surface area contributed by atoms with Crippen LogP contribution in [0.5, 0.6) is 0 Å². The van der Waals surface area contributed by atoms with E-state index in [2.05, 4.69) is 5.73 Å². The Morgan fingerprint density at radius 3 is 1.47 bits per heavy atom. The van der Waals surface area contributed by atoms with Gasteiger partial charge in [-0.2, -0.15) is 0 Å². The third-order valence-corrected chi connectivity index (χ3v) is 1.39. The smallest absolute Gasteiger partial charge is 0.336 e. The Bertz CT molecular complexity index is 308. The fraction of sp³-hybridized carbons (Fsp3) is 0.111. The molecule has 0 saturated heterocycles. The largest absolute Gasteiger partial charge is 0.478 e. The summed E-state index contributed by atoms with van der Waals surface area (Å²) in [5.74, 6) is -2.46. The van der Waals surface area contributed by atoms with Crippen LogP contribution >= 0.6 is 0 Å². The van der Waals surface area contributed by atoms with Crippen LogP contribution in [0, 0.1) is 0 Å². The Morgan fingerprint density at radius 2 is 1.27 bits per heavy atom. The number of nitrogens with two attached hydrogens (primary N) is 1. The SMILES string of the molecule is CN.O=C(O)c1ccccc1C(=O)O.[V]. The van der Waals surface area contributed by atoms with E-state index in [1.165, 1.54) is 31.3 Å². The molecule has 0 fully saturated rings. The molecule has 4 N–H and O–H groups in total. The minimum atomic E-state index is -1.23. The number of rotatable bonds is 2. The van der Waals surface area contributed by atoms with Crippen LogP contribution in [0.15, 0.2) is 24.3 Å². The molecule has 1 aromatic rings. The Kier molecular flexibility index (Phi) is 8.66. The van der Waals surface area contributed by atoms with Crippen molar-refractivity contribution < 1.29 is 38.4 Å². The molecule has 0 aliphatic heterocycles. The van der Waals surface area contributed by atoms with Crippen LogP contribution in [0.2, 0.25) is 0 Å². The molecule has 0 atom stereocenters. The third kappa shape index (κ3) is 4.64. The first kappa shape index (κ1) is 16.1. The van der Waals surface area contributed by atoms with Gasteiger partial charge in [-0.05, 0) is 19.2 Å². The number of carbonyl (C=O) groups is 2. The second kappa shape index (κ2) is 8.05. The predicted molar refractivity (Wildman–Crippen MR) is 50.5 cm³/mol. The van der Waals surface area contributed by atoms with Crippen molar-refractivity contribution in [3.05, 3.63) is 35.4 Å². The fourth-order valence-electron chi connectivity index (χ4n) is 0.856. The minimum absolute atomic E-state index is 0. The van der Waals surface area contributed by atoms with Gasteiger partial charge in [0.25, 0.3) is 0 Å². The molecule has 15 heavy (non-hydrogen) atoms. The zero-order chi connectivity index (χ0) is 11.1. The molecule has 1 rings (SSSR count). The molecule has 5 nitrogen and oxygen atoms in total. The standard InChI is InChI=1S/C8H6O4.CH5N.V/c9-7(10)5-3-1-2-4-6(5)8(11)12;1-2;/h1-4H,(H,9,10)(H,11,12);2H2,1H3;. The van der Waals surface area contributed by atoms with Crippen LogP contribution in [0.3, 0.4) is 0 Å². The number of aromatic carboxylic acids is 2. The van der Waals surface area contributed by atoms with Gasteiger partial charge in [0.2, 0.25) is 0 Å². The Hall–Kier alpha value is -1.30. The first-order valence-corrected chi connectivity index (χ1v) is 3.76. The van der Waals surface area contributed by atoms with Crippen LogP contribution in [0.25, 0.3) is 0 Å². The van der Waals surface area contributed by atoms with Crippen molar-refractivity contribution in [1.82, 2.24) is 0 Å². The van der Waals surface area contributed by atoms with E-state index in [0.717, 1.165) is 0 Å². The van der Waals surface area contributed by atoms with Crippen molar-refractivity contribution in [3.63, 3.8) is 0 Å². The van der Waals surface area contributed by atoms with Crippen LogP contribution in [0.1, 0.15) is 20.7 Å². The van der Waals surface area contributed by atoms with Gasteiger partial charge in [0.15, 0.2) is 0 Å². The number of hydrogen-bond donors (Lipinski definition) is 3. The number of benzene rings is 1. The minimum Gasteiger partial charge on any atom is -0.478 e. The third-order valence-electron chi connectivity index (χ3n) is 1.39. The maximum atomic E-state index is 10.5. The molecular weight excluding hydrogens is 237 g/mol. The van der Waals surface area contributed by atoms with Gasteiger partial charge in [-0.25, -0.2) is 9.59 Å². The van der Waals surface area contributed by atoms with Gasteiger partial charge >= 0.3 is 11.9 Å². The van der Waals surface area contributed by atoms with Crippen LogP contribution in [-0.4, -0.2) is 29.2 Å². The summed E-state index contributed by atoms with van der Waals surface area (Å²) in [5, 5.41) is 17.1. The zero-order valence-corrected chi connectivity index (χ0v) is 9.44. The zero-order valence-electron chi connectivity index (χ0n) is 8.04. The van der Waals surface area contributed by atoms with Crippen molar-refractivity contribution in [3.8, 4) is 0 Å². The fourth-order valence-corrected chi connectivity index (χ4v) is 0.856.